The fourth-order valence-corrected chi connectivity index (χ4v) is 2.01. The second-order valence-corrected chi connectivity index (χ2v) is 4.84. The number of nitrogens with two attached hydrogens (primary N) is 1. The molecule has 0 radical (unpaired) electrons. The summed E-state index contributed by atoms with van der Waals surface area (Å²) < 4.78 is 0. The van der Waals surface area contributed by atoms with E-state index in [2.05, 4.69) is 19.2 Å². The zero-order chi connectivity index (χ0) is 9.73. The first-order valence-electron chi connectivity index (χ1n) is 5.61. The SMILES string of the molecule is CC(CN)CNC1(C)CCCCC1. The van der Waals surface area contributed by atoms with E-state index in [0.29, 0.717) is 11.5 Å². The van der Waals surface area contributed by atoms with E-state index < -0.39 is 0 Å². The Hall–Kier alpha value is -0.0800. The Morgan fingerprint density at radius 2 is 1.92 bits per heavy atom. The molecule has 1 aliphatic carbocycles. The lowest BCUT2D eigenvalue weighted by Gasteiger charge is -2.35. The number of hydrogen-bond acceptors (Lipinski definition) is 2. The molecule has 1 saturated carbocycles. The second kappa shape index (κ2) is 4.97. The van der Waals surface area contributed by atoms with Gasteiger partial charge >= 0.3 is 0 Å². The first-order valence-corrected chi connectivity index (χ1v) is 5.61. The van der Waals surface area contributed by atoms with Gasteiger partial charge in [0.25, 0.3) is 0 Å². The van der Waals surface area contributed by atoms with Crippen LogP contribution in [0.1, 0.15) is 46.0 Å². The van der Waals surface area contributed by atoms with E-state index in [1.807, 2.05) is 0 Å². The molecule has 0 aromatic rings. The van der Waals surface area contributed by atoms with Gasteiger partial charge in [-0.1, -0.05) is 26.2 Å². The van der Waals surface area contributed by atoms with Gasteiger partial charge in [0.15, 0.2) is 0 Å². The Morgan fingerprint density at radius 1 is 1.31 bits per heavy atom. The quantitative estimate of drug-likeness (QED) is 0.700. The van der Waals surface area contributed by atoms with Crippen molar-refractivity contribution in [3.05, 3.63) is 0 Å². The summed E-state index contributed by atoms with van der Waals surface area (Å²) in [6.07, 6.45) is 6.87. The van der Waals surface area contributed by atoms with E-state index in [9.17, 15) is 0 Å². The van der Waals surface area contributed by atoms with Crippen LogP contribution < -0.4 is 11.1 Å². The van der Waals surface area contributed by atoms with Crippen LogP contribution in [0.15, 0.2) is 0 Å². The highest BCUT2D eigenvalue weighted by Crippen LogP contribution is 2.27. The predicted octanol–water partition coefficient (Wildman–Crippen LogP) is 1.89. The van der Waals surface area contributed by atoms with Crippen LogP contribution in [-0.2, 0) is 0 Å². The normalized spacial score (nSPS) is 24.2. The topological polar surface area (TPSA) is 38.0 Å². The molecule has 1 atom stereocenters. The molecular formula is C11H24N2. The maximum atomic E-state index is 5.59. The summed E-state index contributed by atoms with van der Waals surface area (Å²) in [4.78, 5) is 0. The van der Waals surface area contributed by atoms with E-state index in [1.165, 1.54) is 32.1 Å². The maximum absolute atomic E-state index is 5.59. The van der Waals surface area contributed by atoms with Gasteiger partial charge < -0.3 is 11.1 Å². The van der Waals surface area contributed by atoms with Crippen LogP contribution in [0.4, 0.5) is 0 Å². The van der Waals surface area contributed by atoms with Gasteiger partial charge in [-0.15, -0.1) is 0 Å². The monoisotopic (exact) mass is 184 g/mol. The molecule has 0 aromatic heterocycles. The van der Waals surface area contributed by atoms with Crippen LogP contribution in [0, 0.1) is 5.92 Å². The van der Waals surface area contributed by atoms with Crippen molar-refractivity contribution in [1.29, 1.82) is 0 Å². The smallest absolute Gasteiger partial charge is 0.0153 e. The molecule has 1 fully saturated rings. The van der Waals surface area contributed by atoms with Crippen LogP contribution in [0.3, 0.4) is 0 Å². The molecule has 0 spiro atoms. The van der Waals surface area contributed by atoms with Crippen molar-refractivity contribution in [2.24, 2.45) is 11.7 Å². The van der Waals surface area contributed by atoms with Crippen molar-refractivity contribution in [2.75, 3.05) is 13.1 Å². The van der Waals surface area contributed by atoms with Gasteiger partial charge in [0.2, 0.25) is 0 Å². The van der Waals surface area contributed by atoms with Gasteiger partial charge in [0, 0.05) is 5.54 Å². The summed E-state index contributed by atoms with van der Waals surface area (Å²) in [5, 5.41) is 3.67. The van der Waals surface area contributed by atoms with Crippen LogP contribution in [0.5, 0.6) is 0 Å². The average molecular weight is 184 g/mol. The Balaban J connectivity index is 2.24. The molecule has 0 aromatic carbocycles. The minimum absolute atomic E-state index is 0.404. The molecule has 2 nitrogen and oxygen atoms in total. The molecule has 1 unspecified atom stereocenters. The van der Waals surface area contributed by atoms with E-state index in [4.69, 9.17) is 5.73 Å². The van der Waals surface area contributed by atoms with Gasteiger partial charge in [0.05, 0.1) is 0 Å². The zero-order valence-electron chi connectivity index (χ0n) is 9.10. The zero-order valence-corrected chi connectivity index (χ0v) is 9.10. The van der Waals surface area contributed by atoms with Crippen LogP contribution in [0.2, 0.25) is 0 Å². The predicted molar refractivity (Wildman–Crippen MR) is 57.7 cm³/mol. The molecule has 1 aliphatic rings. The fourth-order valence-electron chi connectivity index (χ4n) is 2.01. The third kappa shape index (κ3) is 3.65. The molecule has 78 valence electrons. The van der Waals surface area contributed by atoms with Gasteiger partial charge in [-0.05, 0) is 38.8 Å². The summed E-state index contributed by atoms with van der Waals surface area (Å²) in [6, 6.07) is 0. The highest BCUT2D eigenvalue weighted by molar-refractivity contribution is 4.86. The molecule has 0 saturated heterocycles. The molecule has 0 amide bonds. The highest BCUT2D eigenvalue weighted by atomic mass is 15.0. The fraction of sp³-hybridized carbons (Fsp3) is 1.00. The lowest BCUT2D eigenvalue weighted by Crippen LogP contribution is -2.46. The number of rotatable bonds is 4. The summed E-state index contributed by atoms with van der Waals surface area (Å²) in [6.45, 7) is 6.44. The third-order valence-corrected chi connectivity index (χ3v) is 3.24. The lowest BCUT2D eigenvalue weighted by atomic mass is 9.83. The van der Waals surface area contributed by atoms with Crippen LogP contribution in [-0.4, -0.2) is 18.6 Å². The van der Waals surface area contributed by atoms with Crippen LogP contribution >= 0.6 is 0 Å². The molecule has 3 N–H and O–H groups in total. The first-order chi connectivity index (χ1) is 6.16. The lowest BCUT2D eigenvalue weighted by molar-refractivity contribution is 0.244. The summed E-state index contributed by atoms with van der Waals surface area (Å²) in [5.74, 6) is 0.610. The molecule has 2 heteroatoms. The van der Waals surface area contributed by atoms with Crippen molar-refractivity contribution >= 4 is 0 Å². The standard InChI is InChI=1S/C11H24N2/c1-10(8-12)9-13-11(2)6-4-3-5-7-11/h10,13H,3-9,12H2,1-2H3. The Morgan fingerprint density at radius 3 is 2.46 bits per heavy atom. The molecule has 0 heterocycles. The van der Waals surface area contributed by atoms with Crippen molar-refractivity contribution in [2.45, 2.75) is 51.5 Å². The summed E-state index contributed by atoms with van der Waals surface area (Å²) in [5.41, 5.74) is 6.00. The van der Waals surface area contributed by atoms with Crippen molar-refractivity contribution in [1.82, 2.24) is 5.32 Å². The van der Waals surface area contributed by atoms with E-state index in [-0.39, 0.29) is 0 Å². The molecule has 0 aliphatic heterocycles. The maximum Gasteiger partial charge on any atom is 0.0153 e. The number of hydrogen-bond donors (Lipinski definition) is 2. The van der Waals surface area contributed by atoms with Gasteiger partial charge in [-0.2, -0.15) is 0 Å². The third-order valence-electron chi connectivity index (χ3n) is 3.24. The van der Waals surface area contributed by atoms with Gasteiger partial charge in [-0.3, -0.25) is 0 Å². The van der Waals surface area contributed by atoms with E-state index in [1.54, 1.807) is 0 Å². The molecule has 0 bridgehead atoms. The average Bonchev–Trinajstić information content (AvgIpc) is 2.15. The van der Waals surface area contributed by atoms with Crippen molar-refractivity contribution in [3.8, 4) is 0 Å². The second-order valence-electron chi connectivity index (χ2n) is 4.84. The van der Waals surface area contributed by atoms with Gasteiger partial charge in [0.1, 0.15) is 0 Å². The molecule has 13 heavy (non-hydrogen) atoms. The minimum Gasteiger partial charge on any atom is -0.330 e. The molecular weight excluding hydrogens is 160 g/mol. The molecule has 1 rings (SSSR count). The first kappa shape index (κ1) is 11.0. The van der Waals surface area contributed by atoms with Crippen LogP contribution in [0.25, 0.3) is 0 Å². The largest absolute Gasteiger partial charge is 0.330 e. The van der Waals surface area contributed by atoms with E-state index >= 15 is 0 Å². The Kier molecular flexibility index (Phi) is 4.20. The van der Waals surface area contributed by atoms with E-state index in [0.717, 1.165) is 13.1 Å². The Labute approximate surface area is 82.3 Å². The Bertz CT molecular complexity index is 139. The van der Waals surface area contributed by atoms with Crippen molar-refractivity contribution < 1.29 is 0 Å². The number of nitrogens with one attached hydrogen (secondary N) is 1. The summed E-state index contributed by atoms with van der Waals surface area (Å²) >= 11 is 0. The highest BCUT2D eigenvalue weighted by Gasteiger charge is 2.25. The van der Waals surface area contributed by atoms with Crippen molar-refractivity contribution in [3.63, 3.8) is 0 Å². The van der Waals surface area contributed by atoms with Gasteiger partial charge in [-0.25, -0.2) is 0 Å². The minimum atomic E-state index is 0.404. The summed E-state index contributed by atoms with van der Waals surface area (Å²) in [7, 11) is 0.